The molecule has 1 fully saturated rings. The Morgan fingerprint density at radius 3 is 2.84 bits per heavy atom. The summed E-state index contributed by atoms with van der Waals surface area (Å²) in [5, 5.41) is 17.9. The van der Waals surface area contributed by atoms with Crippen molar-refractivity contribution in [1.29, 1.82) is 5.26 Å². The molecule has 0 atom stereocenters. The molecular formula is C15H20N2O2. The van der Waals surface area contributed by atoms with Crippen LogP contribution >= 0.6 is 0 Å². The lowest BCUT2D eigenvalue weighted by Gasteiger charge is -2.37. The Bertz CT molecular complexity index is 438. The molecule has 1 saturated carbocycles. The molecule has 0 aliphatic heterocycles. The van der Waals surface area contributed by atoms with Crippen LogP contribution in [0.2, 0.25) is 0 Å². The highest BCUT2D eigenvalue weighted by atomic mass is 16.5. The maximum atomic E-state index is 9.07. The Hall–Kier alpha value is -1.57. The fraction of sp³-hybridized carbons (Fsp3) is 0.533. The molecule has 0 saturated heterocycles. The molecule has 1 N–H and O–H groups in total. The molecule has 0 heterocycles. The van der Waals surface area contributed by atoms with Crippen LogP contribution in [0, 0.1) is 11.3 Å². The molecule has 0 amide bonds. The summed E-state index contributed by atoms with van der Waals surface area (Å²) >= 11 is 0. The molecule has 1 aliphatic carbocycles. The highest BCUT2D eigenvalue weighted by Gasteiger charge is 2.24. The van der Waals surface area contributed by atoms with E-state index in [2.05, 4.69) is 11.0 Å². The van der Waals surface area contributed by atoms with E-state index in [0.717, 1.165) is 12.3 Å². The SMILES string of the molecule is N#Cc1cccc(OCCN(CCO)C2CCC2)c1. The molecule has 1 aromatic rings. The van der Waals surface area contributed by atoms with Crippen molar-refractivity contribution >= 4 is 0 Å². The summed E-state index contributed by atoms with van der Waals surface area (Å²) in [5.74, 6) is 0.733. The van der Waals surface area contributed by atoms with Crippen LogP contribution in [0.4, 0.5) is 0 Å². The molecule has 0 unspecified atom stereocenters. The molecule has 2 rings (SSSR count). The number of aliphatic hydroxyl groups excluding tert-OH is 1. The number of hydrogen-bond acceptors (Lipinski definition) is 4. The zero-order chi connectivity index (χ0) is 13.5. The lowest BCUT2D eigenvalue weighted by Crippen LogP contribution is -2.43. The van der Waals surface area contributed by atoms with Gasteiger partial charge in [0.2, 0.25) is 0 Å². The van der Waals surface area contributed by atoms with Gasteiger partial charge in [-0.15, -0.1) is 0 Å². The molecule has 4 nitrogen and oxygen atoms in total. The zero-order valence-electron chi connectivity index (χ0n) is 11.1. The second-order valence-electron chi connectivity index (χ2n) is 4.83. The number of aliphatic hydroxyl groups is 1. The number of nitriles is 1. The summed E-state index contributed by atoms with van der Waals surface area (Å²) < 4.78 is 5.67. The standard InChI is InChI=1S/C15H20N2O2/c16-12-13-3-1-6-15(11-13)19-10-8-17(7-9-18)14-4-2-5-14/h1,3,6,11,14,18H,2,4-5,7-10H2. The van der Waals surface area contributed by atoms with Crippen LogP contribution in [-0.2, 0) is 0 Å². The zero-order valence-corrected chi connectivity index (χ0v) is 11.1. The van der Waals surface area contributed by atoms with Gasteiger partial charge in [-0.1, -0.05) is 12.5 Å². The van der Waals surface area contributed by atoms with E-state index in [1.165, 1.54) is 19.3 Å². The minimum absolute atomic E-state index is 0.195. The molecular weight excluding hydrogens is 240 g/mol. The fourth-order valence-electron chi connectivity index (χ4n) is 2.29. The quantitative estimate of drug-likeness (QED) is 0.812. The third-order valence-electron chi connectivity index (χ3n) is 3.59. The van der Waals surface area contributed by atoms with E-state index in [1.807, 2.05) is 12.1 Å². The van der Waals surface area contributed by atoms with E-state index < -0.39 is 0 Å². The van der Waals surface area contributed by atoms with Crippen molar-refractivity contribution in [1.82, 2.24) is 4.90 Å². The number of nitrogens with zero attached hydrogens (tertiary/aromatic N) is 2. The topological polar surface area (TPSA) is 56.5 Å². The number of ether oxygens (including phenoxy) is 1. The average Bonchev–Trinajstić information content (AvgIpc) is 2.37. The van der Waals surface area contributed by atoms with E-state index >= 15 is 0 Å². The van der Waals surface area contributed by atoms with Crippen molar-refractivity contribution in [2.45, 2.75) is 25.3 Å². The van der Waals surface area contributed by atoms with Gasteiger partial charge >= 0.3 is 0 Å². The van der Waals surface area contributed by atoms with Crippen molar-refractivity contribution in [3.8, 4) is 11.8 Å². The summed E-state index contributed by atoms with van der Waals surface area (Å²) in [7, 11) is 0. The first kappa shape index (κ1) is 13.9. The van der Waals surface area contributed by atoms with Crippen LogP contribution in [0.25, 0.3) is 0 Å². The predicted octanol–water partition coefficient (Wildman–Crippen LogP) is 1.78. The van der Waals surface area contributed by atoms with Gasteiger partial charge in [0.15, 0.2) is 0 Å². The summed E-state index contributed by atoms with van der Waals surface area (Å²) in [6, 6.07) is 9.91. The first-order valence-corrected chi connectivity index (χ1v) is 6.81. The van der Waals surface area contributed by atoms with Gasteiger partial charge in [0, 0.05) is 19.1 Å². The largest absolute Gasteiger partial charge is 0.492 e. The van der Waals surface area contributed by atoms with Crippen molar-refractivity contribution in [2.75, 3.05) is 26.3 Å². The Balaban J connectivity index is 1.79. The second-order valence-corrected chi connectivity index (χ2v) is 4.83. The molecule has 0 bridgehead atoms. The van der Waals surface area contributed by atoms with Crippen LogP contribution < -0.4 is 4.74 Å². The fourth-order valence-corrected chi connectivity index (χ4v) is 2.29. The van der Waals surface area contributed by atoms with Crippen LogP contribution in [0.3, 0.4) is 0 Å². The van der Waals surface area contributed by atoms with Crippen LogP contribution in [0.15, 0.2) is 24.3 Å². The van der Waals surface area contributed by atoms with Gasteiger partial charge in [-0.3, -0.25) is 4.90 Å². The van der Waals surface area contributed by atoms with E-state index in [1.54, 1.807) is 12.1 Å². The monoisotopic (exact) mass is 260 g/mol. The van der Waals surface area contributed by atoms with Gasteiger partial charge < -0.3 is 9.84 Å². The maximum absolute atomic E-state index is 9.07. The van der Waals surface area contributed by atoms with Gasteiger partial charge in [-0.05, 0) is 31.0 Å². The molecule has 1 aromatic carbocycles. The molecule has 1 aliphatic rings. The van der Waals surface area contributed by atoms with E-state index in [0.29, 0.717) is 24.8 Å². The highest BCUT2D eigenvalue weighted by Crippen LogP contribution is 2.24. The lowest BCUT2D eigenvalue weighted by atomic mass is 9.91. The minimum Gasteiger partial charge on any atom is -0.492 e. The van der Waals surface area contributed by atoms with Crippen LogP contribution in [0.5, 0.6) is 5.75 Å². The van der Waals surface area contributed by atoms with E-state index in [-0.39, 0.29) is 6.61 Å². The molecule has 4 heteroatoms. The summed E-state index contributed by atoms with van der Waals surface area (Å²) in [6.45, 7) is 2.32. The third kappa shape index (κ3) is 3.95. The lowest BCUT2D eigenvalue weighted by molar-refractivity contribution is 0.0860. The van der Waals surface area contributed by atoms with Gasteiger partial charge in [0.25, 0.3) is 0 Å². The van der Waals surface area contributed by atoms with Crippen molar-refractivity contribution in [3.05, 3.63) is 29.8 Å². The first-order valence-electron chi connectivity index (χ1n) is 6.81. The molecule has 0 aromatic heterocycles. The highest BCUT2D eigenvalue weighted by molar-refractivity contribution is 5.36. The smallest absolute Gasteiger partial charge is 0.120 e. The average molecular weight is 260 g/mol. The summed E-state index contributed by atoms with van der Waals surface area (Å²) in [6.07, 6.45) is 3.74. The first-order chi connectivity index (χ1) is 9.33. The molecule has 19 heavy (non-hydrogen) atoms. The Labute approximate surface area is 114 Å². The van der Waals surface area contributed by atoms with Gasteiger partial charge in [0.1, 0.15) is 12.4 Å². The van der Waals surface area contributed by atoms with Crippen LogP contribution in [0.1, 0.15) is 24.8 Å². The molecule has 102 valence electrons. The number of rotatable bonds is 7. The van der Waals surface area contributed by atoms with Crippen molar-refractivity contribution in [2.24, 2.45) is 0 Å². The van der Waals surface area contributed by atoms with E-state index in [9.17, 15) is 0 Å². The predicted molar refractivity (Wildman–Crippen MR) is 72.9 cm³/mol. The Kier molecular flexibility index (Phi) is 5.20. The minimum atomic E-state index is 0.195. The van der Waals surface area contributed by atoms with Gasteiger partial charge in [-0.2, -0.15) is 5.26 Å². The second kappa shape index (κ2) is 7.13. The Morgan fingerprint density at radius 2 is 2.21 bits per heavy atom. The maximum Gasteiger partial charge on any atom is 0.120 e. The number of benzene rings is 1. The van der Waals surface area contributed by atoms with Gasteiger partial charge in [-0.25, -0.2) is 0 Å². The normalized spacial score (nSPS) is 15.0. The molecule has 0 radical (unpaired) electrons. The number of hydrogen-bond donors (Lipinski definition) is 1. The third-order valence-corrected chi connectivity index (χ3v) is 3.59. The van der Waals surface area contributed by atoms with Crippen LogP contribution in [-0.4, -0.2) is 42.4 Å². The van der Waals surface area contributed by atoms with Crippen molar-refractivity contribution < 1.29 is 9.84 Å². The molecule has 0 spiro atoms. The van der Waals surface area contributed by atoms with Gasteiger partial charge in [0.05, 0.1) is 18.2 Å². The Morgan fingerprint density at radius 1 is 1.37 bits per heavy atom. The summed E-state index contributed by atoms with van der Waals surface area (Å²) in [4.78, 5) is 2.29. The van der Waals surface area contributed by atoms with Crippen molar-refractivity contribution in [3.63, 3.8) is 0 Å². The summed E-state index contributed by atoms with van der Waals surface area (Å²) in [5.41, 5.74) is 0.615. The van der Waals surface area contributed by atoms with E-state index in [4.69, 9.17) is 15.1 Å².